The van der Waals surface area contributed by atoms with E-state index in [4.69, 9.17) is 19.9 Å². The van der Waals surface area contributed by atoms with Crippen molar-refractivity contribution in [2.24, 2.45) is 14.1 Å². The molecule has 0 saturated heterocycles. The number of hydrogen-bond acceptors (Lipinski definition) is 8. The van der Waals surface area contributed by atoms with E-state index in [9.17, 15) is 9.59 Å². The fourth-order valence-electron chi connectivity index (χ4n) is 9.47. The van der Waals surface area contributed by atoms with Gasteiger partial charge in [0.15, 0.2) is 0 Å². The van der Waals surface area contributed by atoms with Crippen LogP contribution in [-0.2, 0) is 36.8 Å². The van der Waals surface area contributed by atoms with Gasteiger partial charge in [-0.05, 0) is 62.4 Å². The summed E-state index contributed by atoms with van der Waals surface area (Å²) in [7, 11) is 7.57. The number of nitrogens with zero attached hydrogens (tertiary/aromatic N) is 12. The molecule has 14 heteroatoms. The first-order valence-electron chi connectivity index (χ1n) is 21.5. The predicted octanol–water partition coefficient (Wildman–Crippen LogP) is 7.82. The van der Waals surface area contributed by atoms with Crippen molar-refractivity contribution in [3.63, 3.8) is 0 Å². The lowest BCUT2D eigenvalue weighted by Crippen LogP contribution is -2.39. The Hall–Kier alpha value is -6.96. The molecule has 2 saturated carbocycles. The van der Waals surface area contributed by atoms with Gasteiger partial charge in [0.05, 0.1) is 59.6 Å². The van der Waals surface area contributed by atoms with Crippen molar-refractivity contribution in [1.29, 1.82) is 0 Å². The van der Waals surface area contributed by atoms with Crippen molar-refractivity contribution < 1.29 is 9.59 Å². The monoisotopic (exact) mass is 824 g/mol. The second kappa shape index (κ2) is 14.3. The zero-order chi connectivity index (χ0) is 42.6. The summed E-state index contributed by atoms with van der Waals surface area (Å²) in [4.78, 5) is 48.7. The minimum absolute atomic E-state index is 0.152. The van der Waals surface area contributed by atoms with Gasteiger partial charge in [-0.25, -0.2) is 9.97 Å². The van der Waals surface area contributed by atoms with Crippen molar-refractivity contribution in [3.05, 3.63) is 109 Å². The Balaban J connectivity index is 0.000000139. The van der Waals surface area contributed by atoms with Gasteiger partial charge < -0.3 is 18.9 Å². The number of benzene rings is 2. The van der Waals surface area contributed by atoms with Gasteiger partial charge in [0.2, 0.25) is 11.8 Å². The zero-order valence-electron chi connectivity index (χ0n) is 35.8. The van der Waals surface area contributed by atoms with Gasteiger partial charge in [-0.2, -0.15) is 10.2 Å². The summed E-state index contributed by atoms with van der Waals surface area (Å²) in [5, 5.41) is 12.9. The lowest BCUT2D eigenvalue weighted by atomic mass is 10.0. The topological polar surface area (TPSA) is 138 Å². The van der Waals surface area contributed by atoms with E-state index in [0.717, 1.165) is 115 Å². The molecule has 8 heterocycles. The molecule has 2 aliphatic heterocycles. The van der Waals surface area contributed by atoms with Crippen LogP contribution in [0.4, 0.5) is 0 Å². The van der Waals surface area contributed by atoms with Crippen molar-refractivity contribution in [2.45, 2.75) is 76.5 Å². The number of carbonyl (C=O) groups excluding carboxylic acids is 2. The molecule has 4 aliphatic rings. The van der Waals surface area contributed by atoms with Crippen LogP contribution in [0.5, 0.6) is 0 Å². The molecule has 14 nitrogen and oxygen atoms in total. The number of aromatic nitrogens is 10. The van der Waals surface area contributed by atoms with E-state index < -0.39 is 0 Å². The highest BCUT2D eigenvalue weighted by Crippen LogP contribution is 2.46. The van der Waals surface area contributed by atoms with Gasteiger partial charge in [-0.15, -0.1) is 0 Å². The number of fused-ring (bicyclic) bond motifs is 4. The SMILES string of the molecule is C[C@@H]1C(=O)N(C)Cc2c(-c3cccc4cc(-c5cnn(C)c5)ncc34)nc(C3CC3)n21.C[C@H]1C(=O)N(C)Cc2c(-c3cccc4cc(-c5cnn(C)c5)ncc34)nc(C3CC3)n21. The van der Waals surface area contributed by atoms with Crippen LogP contribution in [0.1, 0.15) is 86.5 Å². The third-order valence-electron chi connectivity index (χ3n) is 13.0. The molecular formula is C48H48N12O2. The van der Waals surface area contributed by atoms with Crippen LogP contribution in [0, 0.1) is 0 Å². The summed E-state index contributed by atoms with van der Waals surface area (Å²) >= 11 is 0. The highest BCUT2D eigenvalue weighted by Gasteiger charge is 2.40. The van der Waals surface area contributed by atoms with Gasteiger partial charge in [0.1, 0.15) is 23.7 Å². The fraction of sp³-hybridized carbons (Fsp3) is 0.333. The summed E-state index contributed by atoms with van der Waals surface area (Å²) in [6.07, 6.45) is 16.1. The largest absolute Gasteiger partial charge is 0.338 e. The second-order valence-corrected chi connectivity index (χ2v) is 17.6. The van der Waals surface area contributed by atoms with Crippen LogP contribution < -0.4 is 0 Å². The van der Waals surface area contributed by atoms with Gasteiger partial charge in [-0.1, -0.05) is 36.4 Å². The molecule has 2 fully saturated rings. The molecule has 12 rings (SSSR count). The third kappa shape index (κ3) is 6.30. The molecule has 312 valence electrons. The molecular weight excluding hydrogens is 777 g/mol. The lowest BCUT2D eigenvalue weighted by molar-refractivity contribution is -0.136. The maximum absolute atomic E-state index is 12.7. The number of rotatable bonds is 6. The number of likely N-dealkylation sites (N-methyl/N-ethyl adjacent to an activating group) is 2. The predicted molar refractivity (Wildman–Crippen MR) is 237 cm³/mol. The minimum Gasteiger partial charge on any atom is -0.338 e. The molecule has 0 radical (unpaired) electrons. The Labute approximate surface area is 358 Å². The smallest absolute Gasteiger partial charge is 0.245 e. The van der Waals surface area contributed by atoms with E-state index in [1.165, 1.54) is 0 Å². The van der Waals surface area contributed by atoms with Crippen LogP contribution in [0.3, 0.4) is 0 Å². The quantitative estimate of drug-likeness (QED) is 0.166. The number of aryl methyl sites for hydroxylation is 2. The molecule has 0 unspecified atom stereocenters. The molecule has 2 aliphatic carbocycles. The number of hydrogen-bond donors (Lipinski definition) is 0. The maximum atomic E-state index is 12.7. The molecule has 2 aromatic carbocycles. The normalized spacial score (nSPS) is 18.6. The third-order valence-corrected chi connectivity index (χ3v) is 13.0. The molecule has 6 aromatic heterocycles. The highest BCUT2D eigenvalue weighted by molar-refractivity contribution is 5.99. The first-order valence-corrected chi connectivity index (χ1v) is 21.5. The van der Waals surface area contributed by atoms with Crippen LogP contribution in [0.2, 0.25) is 0 Å². The molecule has 62 heavy (non-hydrogen) atoms. The Morgan fingerprint density at radius 3 is 1.35 bits per heavy atom. The second-order valence-electron chi connectivity index (χ2n) is 17.6. The van der Waals surface area contributed by atoms with E-state index in [1.807, 2.05) is 89.0 Å². The zero-order valence-corrected chi connectivity index (χ0v) is 35.8. The van der Waals surface area contributed by atoms with E-state index in [-0.39, 0.29) is 23.9 Å². The van der Waals surface area contributed by atoms with Gasteiger partial charge >= 0.3 is 0 Å². The number of pyridine rings is 2. The standard InChI is InChI=1S/2C24H24N6O/c2*1-14-24(31)28(2)13-21-22(27-23(30(14)21)15-7-8-15)18-6-4-5-16-9-20(25-11-19(16)18)17-10-26-29(3)12-17/h2*4-6,9-12,14-15H,7-8,13H2,1-3H3/t2*14-/m10/s1. The Morgan fingerprint density at radius 1 is 0.565 bits per heavy atom. The summed E-state index contributed by atoms with van der Waals surface area (Å²) in [5.74, 6) is 3.37. The Bertz CT molecular complexity index is 2900. The van der Waals surface area contributed by atoms with Crippen molar-refractivity contribution in [2.75, 3.05) is 14.1 Å². The molecule has 0 spiro atoms. The van der Waals surface area contributed by atoms with Gasteiger partial charge in [-0.3, -0.25) is 28.9 Å². The van der Waals surface area contributed by atoms with Crippen LogP contribution >= 0.6 is 0 Å². The fourth-order valence-corrected chi connectivity index (χ4v) is 9.47. The molecule has 0 bridgehead atoms. The van der Waals surface area contributed by atoms with Crippen LogP contribution in [-0.4, -0.2) is 84.3 Å². The maximum Gasteiger partial charge on any atom is 0.245 e. The van der Waals surface area contributed by atoms with Gasteiger partial charge in [0, 0.05) is 97.8 Å². The van der Waals surface area contributed by atoms with E-state index >= 15 is 0 Å². The van der Waals surface area contributed by atoms with Gasteiger partial charge in [0.25, 0.3) is 0 Å². The Kier molecular flexibility index (Phi) is 8.78. The average molecular weight is 825 g/mol. The summed E-state index contributed by atoms with van der Waals surface area (Å²) in [6, 6.07) is 16.4. The summed E-state index contributed by atoms with van der Waals surface area (Å²) < 4.78 is 7.97. The van der Waals surface area contributed by atoms with Crippen molar-refractivity contribution in [1.82, 2.24) is 58.4 Å². The first-order chi connectivity index (χ1) is 30.0. The minimum atomic E-state index is -0.212. The molecule has 8 aromatic rings. The number of carbonyl (C=O) groups is 2. The molecule has 0 N–H and O–H groups in total. The summed E-state index contributed by atoms with van der Waals surface area (Å²) in [5.41, 5.74) is 10.2. The summed E-state index contributed by atoms with van der Waals surface area (Å²) in [6.45, 7) is 5.14. The lowest BCUT2D eigenvalue weighted by Gasteiger charge is -2.31. The number of imidazole rings is 2. The number of amides is 2. The van der Waals surface area contributed by atoms with Crippen LogP contribution in [0.25, 0.3) is 66.6 Å². The average Bonchev–Trinajstić information content (AvgIpc) is 4.14. The highest BCUT2D eigenvalue weighted by atomic mass is 16.2. The van der Waals surface area contributed by atoms with E-state index in [2.05, 4.69) is 67.9 Å². The molecule has 2 amide bonds. The van der Waals surface area contributed by atoms with Crippen LogP contribution in [0.15, 0.2) is 85.7 Å². The van der Waals surface area contributed by atoms with E-state index in [1.54, 1.807) is 9.36 Å². The molecule has 2 atom stereocenters. The Morgan fingerprint density at radius 2 is 0.984 bits per heavy atom. The van der Waals surface area contributed by atoms with E-state index in [0.29, 0.717) is 24.9 Å². The van der Waals surface area contributed by atoms with Crippen molar-refractivity contribution in [3.8, 4) is 45.0 Å². The first kappa shape index (κ1) is 38.0. The van der Waals surface area contributed by atoms with Crippen molar-refractivity contribution >= 4 is 33.4 Å².